The van der Waals surface area contributed by atoms with Gasteiger partial charge in [-0.1, -0.05) is 0 Å². The van der Waals surface area contributed by atoms with Crippen LogP contribution in [0.5, 0.6) is 5.88 Å². The Morgan fingerprint density at radius 3 is 2.61 bits per heavy atom. The molecular formula is C19H25N7O2. The van der Waals surface area contributed by atoms with E-state index >= 15 is 0 Å². The summed E-state index contributed by atoms with van der Waals surface area (Å²) in [5.74, 6) is 2.69. The zero-order valence-electron chi connectivity index (χ0n) is 16.0. The fraction of sp³-hybridized carbons (Fsp3) is 0.526. The lowest BCUT2D eigenvalue weighted by atomic mass is 10.2. The molecule has 1 saturated heterocycles. The summed E-state index contributed by atoms with van der Waals surface area (Å²) >= 11 is 0. The van der Waals surface area contributed by atoms with Crippen LogP contribution in [0.15, 0.2) is 24.7 Å². The number of urea groups is 1. The predicted octanol–water partition coefficient (Wildman–Crippen LogP) is 1.23. The Balaban J connectivity index is 1.20. The third-order valence-corrected chi connectivity index (χ3v) is 5.03. The van der Waals surface area contributed by atoms with Crippen LogP contribution >= 0.6 is 0 Å². The van der Waals surface area contributed by atoms with E-state index in [9.17, 15) is 4.79 Å². The first-order valence-corrected chi connectivity index (χ1v) is 9.68. The molecule has 0 unspecified atom stereocenters. The maximum atomic E-state index is 12.4. The fourth-order valence-electron chi connectivity index (χ4n) is 3.18. The average molecular weight is 383 g/mol. The Morgan fingerprint density at radius 2 is 1.93 bits per heavy atom. The number of ether oxygens (including phenoxy) is 1. The number of hydrogen-bond acceptors (Lipinski definition) is 7. The smallest absolute Gasteiger partial charge is 0.317 e. The van der Waals surface area contributed by atoms with Gasteiger partial charge in [-0.3, -0.25) is 0 Å². The molecule has 0 radical (unpaired) electrons. The molecule has 0 aromatic carbocycles. The number of aromatic nitrogens is 4. The van der Waals surface area contributed by atoms with Crippen molar-refractivity contribution in [2.45, 2.75) is 25.2 Å². The molecule has 1 saturated carbocycles. The molecule has 9 heteroatoms. The minimum absolute atomic E-state index is 0.0401. The standard InChI is InChI=1S/C19H25N7O2/c1-28-16-5-7-20-18(24-16)25-8-10-26(11-9-25)19(27)21-6-4-14-12-22-17(23-13-14)15-2-3-15/h5,7,12-13,15H,2-4,6,8-11H2,1H3,(H,21,27). The highest BCUT2D eigenvalue weighted by atomic mass is 16.5. The summed E-state index contributed by atoms with van der Waals surface area (Å²) in [6.07, 6.45) is 8.56. The maximum Gasteiger partial charge on any atom is 0.317 e. The van der Waals surface area contributed by atoms with Crippen LogP contribution in [-0.4, -0.2) is 70.7 Å². The molecule has 9 nitrogen and oxygen atoms in total. The largest absolute Gasteiger partial charge is 0.481 e. The first-order valence-electron chi connectivity index (χ1n) is 9.68. The van der Waals surface area contributed by atoms with Gasteiger partial charge in [-0.2, -0.15) is 4.98 Å². The first kappa shape index (κ1) is 18.4. The van der Waals surface area contributed by atoms with Crippen molar-refractivity contribution >= 4 is 12.0 Å². The first-order chi connectivity index (χ1) is 13.7. The minimum atomic E-state index is -0.0401. The van der Waals surface area contributed by atoms with Gasteiger partial charge in [0.15, 0.2) is 0 Å². The van der Waals surface area contributed by atoms with Crippen molar-refractivity contribution in [3.8, 4) is 5.88 Å². The number of methoxy groups -OCH3 is 1. The predicted molar refractivity (Wildman–Crippen MR) is 103 cm³/mol. The Morgan fingerprint density at radius 1 is 1.18 bits per heavy atom. The highest BCUT2D eigenvalue weighted by Crippen LogP contribution is 2.37. The van der Waals surface area contributed by atoms with Crippen molar-refractivity contribution in [3.05, 3.63) is 36.0 Å². The van der Waals surface area contributed by atoms with Crippen LogP contribution in [0.4, 0.5) is 10.7 Å². The number of carbonyl (C=O) groups excluding carboxylic acids is 1. The molecule has 148 valence electrons. The van der Waals surface area contributed by atoms with E-state index in [4.69, 9.17) is 4.74 Å². The molecule has 28 heavy (non-hydrogen) atoms. The lowest BCUT2D eigenvalue weighted by Crippen LogP contribution is -2.52. The molecule has 0 bridgehead atoms. The van der Waals surface area contributed by atoms with Gasteiger partial charge in [0.1, 0.15) is 5.82 Å². The zero-order valence-corrected chi connectivity index (χ0v) is 16.0. The molecule has 2 amide bonds. The van der Waals surface area contributed by atoms with Crippen LogP contribution in [0.1, 0.15) is 30.1 Å². The molecule has 1 aliphatic heterocycles. The summed E-state index contributed by atoms with van der Waals surface area (Å²) in [7, 11) is 1.59. The van der Waals surface area contributed by atoms with E-state index in [1.54, 1.807) is 19.4 Å². The van der Waals surface area contributed by atoms with Crippen LogP contribution < -0.4 is 15.0 Å². The van der Waals surface area contributed by atoms with Gasteiger partial charge in [0, 0.05) is 63.3 Å². The van der Waals surface area contributed by atoms with E-state index in [-0.39, 0.29) is 6.03 Å². The quantitative estimate of drug-likeness (QED) is 0.801. The van der Waals surface area contributed by atoms with Gasteiger partial charge in [0.2, 0.25) is 11.8 Å². The molecule has 0 spiro atoms. The summed E-state index contributed by atoms with van der Waals surface area (Å²) < 4.78 is 5.15. The van der Waals surface area contributed by atoms with Crippen LogP contribution in [0, 0.1) is 0 Å². The number of rotatable bonds is 6. The number of carbonyl (C=O) groups is 1. The third-order valence-electron chi connectivity index (χ3n) is 5.03. The molecule has 2 aromatic heterocycles. The van der Waals surface area contributed by atoms with Crippen molar-refractivity contribution in [3.63, 3.8) is 0 Å². The summed E-state index contributed by atoms with van der Waals surface area (Å²) in [6.45, 7) is 3.22. The molecule has 4 rings (SSSR count). The van der Waals surface area contributed by atoms with Gasteiger partial charge < -0.3 is 19.9 Å². The summed E-state index contributed by atoms with van der Waals surface area (Å²) in [5.41, 5.74) is 1.05. The van der Waals surface area contributed by atoms with E-state index in [1.165, 1.54) is 12.8 Å². The van der Waals surface area contributed by atoms with Gasteiger partial charge in [-0.05, 0) is 24.8 Å². The van der Waals surface area contributed by atoms with Gasteiger partial charge >= 0.3 is 6.03 Å². The lowest BCUT2D eigenvalue weighted by Gasteiger charge is -2.34. The number of anilines is 1. The highest BCUT2D eigenvalue weighted by molar-refractivity contribution is 5.74. The van der Waals surface area contributed by atoms with Crippen LogP contribution in [0.2, 0.25) is 0 Å². The van der Waals surface area contributed by atoms with Crippen LogP contribution in [-0.2, 0) is 6.42 Å². The molecule has 0 atom stereocenters. The number of nitrogens with zero attached hydrogens (tertiary/aromatic N) is 6. The monoisotopic (exact) mass is 383 g/mol. The SMILES string of the molecule is COc1ccnc(N2CCN(C(=O)NCCc3cnc(C4CC4)nc3)CC2)n1. The Kier molecular flexibility index (Phi) is 5.50. The van der Waals surface area contributed by atoms with E-state index in [2.05, 4.69) is 30.2 Å². The highest BCUT2D eigenvalue weighted by Gasteiger charge is 2.26. The van der Waals surface area contributed by atoms with E-state index in [0.717, 1.165) is 17.8 Å². The molecule has 1 N–H and O–H groups in total. The van der Waals surface area contributed by atoms with Crippen molar-refractivity contribution in [1.82, 2.24) is 30.2 Å². The molecule has 1 aliphatic carbocycles. The molecule has 2 aromatic rings. The Hall–Kier alpha value is -2.97. The van der Waals surface area contributed by atoms with E-state index < -0.39 is 0 Å². The van der Waals surface area contributed by atoms with Crippen molar-refractivity contribution in [2.75, 3.05) is 44.7 Å². The number of amides is 2. The van der Waals surface area contributed by atoms with Crippen molar-refractivity contribution in [1.29, 1.82) is 0 Å². The summed E-state index contributed by atoms with van der Waals surface area (Å²) in [5, 5.41) is 2.99. The molecule has 2 aliphatic rings. The number of piperazine rings is 1. The van der Waals surface area contributed by atoms with Gasteiger partial charge in [-0.25, -0.2) is 19.7 Å². The lowest BCUT2D eigenvalue weighted by molar-refractivity contribution is 0.194. The second kappa shape index (κ2) is 8.37. The van der Waals surface area contributed by atoms with Gasteiger partial charge in [-0.15, -0.1) is 0 Å². The molecular weight excluding hydrogens is 358 g/mol. The zero-order chi connectivity index (χ0) is 19.3. The van der Waals surface area contributed by atoms with Crippen molar-refractivity contribution < 1.29 is 9.53 Å². The topological polar surface area (TPSA) is 96.4 Å². The van der Waals surface area contributed by atoms with Crippen molar-refractivity contribution in [2.24, 2.45) is 0 Å². The summed E-state index contributed by atoms with van der Waals surface area (Å²) in [4.78, 5) is 33.8. The number of hydrogen-bond donors (Lipinski definition) is 1. The minimum Gasteiger partial charge on any atom is -0.481 e. The van der Waals surface area contributed by atoms with Gasteiger partial charge in [0.25, 0.3) is 0 Å². The van der Waals surface area contributed by atoms with Gasteiger partial charge in [0.05, 0.1) is 7.11 Å². The van der Waals surface area contributed by atoms with Crippen LogP contribution in [0.25, 0.3) is 0 Å². The second-order valence-corrected chi connectivity index (χ2v) is 7.08. The third kappa shape index (κ3) is 4.47. The second-order valence-electron chi connectivity index (χ2n) is 7.08. The summed E-state index contributed by atoms with van der Waals surface area (Å²) in [6, 6.07) is 1.68. The Labute approximate surface area is 164 Å². The van der Waals surface area contributed by atoms with E-state index in [0.29, 0.717) is 50.5 Å². The fourth-order valence-corrected chi connectivity index (χ4v) is 3.18. The van der Waals surface area contributed by atoms with Crippen LogP contribution in [0.3, 0.4) is 0 Å². The maximum absolute atomic E-state index is 12.4. The normalized spacial score (nSPS) is 16.8. The number of nitrogens with one attached hydrogen (secondary N) is 1. The molecule has 3 heterocycles. The Bertz CT molecular complexity index is 802. The molecule has 2 fully saturated rings. The van der Waals surface area contributed by atoms with E-state index in [1.807, 2.05) is 17.3 Å². The average Bonchev–Trinajstić information content (AvgIpc) is 3.60.